The van der Waals surface area contributed by atoms with Crippen LogP contribution in [0, 0.1) is 17.8 Å². The summed E-state index contributed by atoms with van der Waals surface area (Å²) in [6.45, 7) is 0.524. The molecule has 1 amide bonds. The van der Waals surface area contributed by atoms with Crippen molar-refractivity contribution in [1.82, 2.24) is 5.32 Å². The molecule has 2 nitrogen and oxygen atoms in total. The molecule has 0 radical (unpaired) electrons. The van der Waals surface area contributed by atoms with E-state index in [-0.39, 0.29) is 12.3 Å². The van der Waals surface area contributed by atoms with E-state index in [9.17, 15) is 18.0 Å². The Labute approximate surface area is 124 Å². The Morgan fingerprint density at radius 3 is 2.29 bits per heavy atom. The molecule has 0 bridgehead atoms. The fraction of sp³-hybridized carbons (Fsp3) is 0.938. The van der Waals surface area contributed by atoms with E-state index < -0.39 is 18.0 Å². The Balaban J connectivity index is 1.72. The monoisotopic (exact) mass is 305 g/mol. The molecule has 2 rings (SSSR count). The summed E-state index contributed by atoms with van der Waals surface area (Å²) in [7, 11) is 0. The van der Waals surface area contributed by atoms with Gasteiger partial charge in [0.25, 0.3) is 0 Å². The van der Waals surface area contributed by atoms with Crippen LogP contribution in [-0.2, 0) is 4.79 Å². The first kappa shape index (κ1) is 16.6. The Bertz CT molecular complexity index is 337. The van der Waals surface area contributed by atoms with Crippen LogP contribution in [-0.4, -0.2) is 18.6 Å². The molecule has 2 atom stereocenters. The highest BCUT2D eigenvalue weighted by atomic mass is 19.4. The lowest BCUT2D eigenvalue weighted by atomic mass is 9.78. The summed E-state index contributed by atoms with van der Waals surface area (Å²) in [6.07, 6.45) is 4.66. The van der Waals surface area contributed by atoms with E-state index in [1.807, 2.05) is 0 Å². The number of nitrogens with one attached hydrogen (secondary N) is 1. The van der Waals surface area contributed by atoms with E-state index in [0.29, 0.717) is 19.4 Å². The van der Waals surface area contributed by atoms with Crippen LogP contribution in [0.25, 0.3) is 0 Å². The van der Waals surface area contributed by atoms with Crippen molar-refractivity contribution in [3.05, 3.63) is 0 Å². The molecule has 122 valence electrons. The molecular weight excluding hydrogens is 279 g/mol. The number of carbonyl (C=O) groups excluding carboxylic acids is 1. The highest BCUT2D eigenvalue weighted by molar-refractivity contribution is 5.79. The molecule has 0 heterocycles. The normalized spacial score (nSPS) is 27.8. The molecule has 2 saturated carbocycles. The predicted octanol–water partition coefficient (Wildman–Crippen LogP) is 4.44. The van der Waals surface area contributed by atoms with Gasteiger partial charge in [-0.2, -0.15) is 13.2 Å². The minimum absolute atomic E-state index is 0.101. The molecule has 0 aromatic carbocycles. The van der Waals surface area contributed by atoms with Gasteiger partial charge in [0.2, 0.25) is 5.91 Å². The van der Waals surface area contributed by atoms with E-state index in [1.165, 1.54) is 25.7 Å². The van der Waals surface area contributed by atoms with Crippen molar-refractivity contribution in [2.75, 3.05) is 6.54 Å². The number of amides is 1. The Kier molecular flexibility index (Phi) is 5.94. The first-order chi connectivity index (χ1) is 9.98. The van der Waals surface area contributed by atoms with Crippen molar-refractivity contribution in [2.45, 2.75) is 70.4 Å². The molecule has 1 N–H and O–H groups in total. The summed E-state index contributed by atoms with van der Waals surface area (Å²) in [5.74, 6) is -1.94. The molecule has 2 fully saturated rings. The summed E-state index contributed by atoms with van der Waals surface area (Å²) >= 11 is 0. The third kappa shape index (κ3) is 4.89. The molecule has 0 spiro atoms. The SMILES string of the molecule is O=C(NCCCC1CCCC1)C1CCCCC1C(F)(F)F. The molecule has 0 saturated heterocycles. The fourth-order valence-corrected chi connectivity index (χ4v) is 3.87. The molecule has 5 heteroatoms. The van der Waals surface area contributed by atoms with Crippen LogP contribution in [0.1, 0.15) is 64.2 Å². The summed E-state index contributed by atoms with van der Waals surface area (Å²) in [6, 6.07) is 0. The minimum atomic E-state index is -4.24. The Hall–Kier alpha value is -0.740. The molecule has 0 aromatic heterocycles. The molecule has 21 heavy (non-hydrogen) atoms. The topological polar surface area (TPSA) is 29.1 Å². The van der Waals surface area contributed by atoms with Crippen LogP contribution in [0.5, 0.6) is 0 Å². The molecule has 0 aromatic rings. The predicted molar refractivity (Wildman–Crippen MR) is 75.7 cm³/mol. The van der Waals surface area contributed by atoms with E-state index in [4.69, 9.17) is 0 Å². The van der Waals surface area contributed by atoms with Crippen LogP contribution < -0.4 is 5.32 Å². The minimum Gasteiger partial charge on any atom is -0.356 e. The second-order valence-electron chi connectivity index (χ2n) is 6.62. The number of alkyl halides is 3. The molecule has 0 aliphatic heterocycles. The van der Waals surface area contributed by atoms with Crippen molar-refractivity contribution >= 4 is 5.91 Å². The summed E-state index contributed by atoms with van der Waals surface area (Å²) in [4.78, 5) is 12.0. The number of carbonyl (C=O) groups is 1. The molecule has 2 aliphatic rings. The van der Waals surface area contributed by atoms with Gasteiger partial charge in [0.15, 0.2) is 0 Å². The highest BCUT2D eigenvalue weighted by Crippen LogP contribution is 2.41. The van der Waals surface area contributed by atoms with Gasteiger partial charge >= 0.3 is 6.18 Å². The lowest BCUT2D eigenvalue weighted by molar-refractivity contribution is -0.198. The van der Waals surface area contributed by atoms with Crippen molar-refractivity contribution < 1.29 is 18.0 Å². The van der Waals surface area contributed by atoms with Crippen molar-refractivity contribution in [2.24, 2.45) is 17.8 Å². The summed E-state index contributed by atoms with van der Waals surface area (Å²) in [5.41, 5.74) is 0. The van der Waals surface area contributed by atoms with Crippen LogP contribution in [0.2, 0.25) is 0 Å². The molecule has 2 unspecified atom stereocenters. The largest absolute Gasteiger partial charge is 0.392 e. The van der Waals surface area contributed by atoms with Crippen LogP contribution in [0.15, 0.2) is 0 Å². The van der Waals surface area contributed by atoms with Gasteiger partial charge in [-0.1, -0.05) is 38.5 Å². The van der Waals surface area contributed by atoms with Gasteiger partial charge in [-0.15, -0.1) is 0 Å². The van der Waals surface area contributed by atoms with Crippen molar-refractivity contribution in [3.63, 3.8) is 0 Å². The van der Waals surface area contributed by atoms with Crippen LogP contribution in [0.4, 0.5) is 13.2 Å². The third-order valence-corrected chi connectivity index (χ3v) is 5.09. The second kappa shape index (κ2) is 7.50. The lowest BCUT2D eigenvalue weighted by Gasteiger charge is -2.32. The second-order valence-corrected chi connectivity index (χ2v) is 6.62. The standard InChI is InChI=1S/C16H26F3NO/c17-16(18,19)14-10-4-3-9-13(14)15(21)20-11-5-8-12-6-1-2-7-12/h12-14H,1-11H2,(H,20,21). The zero-order chi connectivity index (χ0) is 15.3. The number of hydrogen-bond donors (Lipinski definition) is 1. The molecular formula is C16H26F3NO. The van der Waals surface area contributed by atoms with E-state index in [0.717, 1.165) is 25.2 Å². The van der Waals surface area contributed by atoms with Gasteiger partial charge in [-0.3, -0.25) is 4.79 Å². The van der Waals surface area contributed by atoms with Gasteiger partial charge in [0, 0.05) is 12.5 Å². The zero-order valence-electron chi connectivity index (χ0n) is 12.6. The van der Waals surface area contributed by atoms with Gasteiger partial charge in [-0.25, -0.2) is 0 Å². The van der Waals surface area contributed by atoms with E-state index >= 15 is 0 Å². The number of rotatable bonds is 5. The molecule has 2 aliphatic carbocycles. The summed E-state index contributed by atoms with van der Waals surface area (Å²) < 4.78 is 38.9. The smallest absolute Gasteiger partial charge is 0.356 e. The fourth-order valence-electron chi connectivity index (χ4n) is 3.87. The highest BCUT2D eigenvalue weighted by Gasteiger charge is 2.47. The third-order valence-electron chi connectivity index (χ3n) is 5.09. The van der Waals surface area contributed by atoms with Crippen LogP contribution in [0.3, 0.4) is 0 Å². The first-order valence-electron chi connectivity index (χ1n) is 8.33. The zero-order valence-corrected chi connectivity index (χ0v) is 12.6. The average Bonchev–Trinajstić information content (AvgIpc) is 2.95. The maximum Gasteiger partial charge on any atom is 0.392 e. The maximum atomic E-state index is 13.0. The first-order valence-corrected chi connectivity index (χ1v) is 8.33. The van der Waals surface area contributed by atoms with Gasteiger partial charge < -0.3 is 5.32 Å². The van der Waals surface area contributed by atoms with Crippen molar-refractivity contribution in [3.8, 4) is 0 Å². The van der Waals surface area contributed by atoms with Crippen LogP contribution >= 0.6 is 0 Å². The maximum absolute atomic E-state index is 13.0. The van der Waals surface area contributed by atoms with Gasteiger partial charge in [0.05, 0.1) is 5.92 Å². The van der Waals surface area contributed by atoms with E-state index in [2.05, 4.69) is 5.32 Å². The van der Waals surface area contributed by atoms with Gasteiger partial charge in [0.1, 0.15) is 0 Å². The van der Waals surface area contributed by atoms with Gasteiger partial charge in [-0.05, 0) is 31.6 Å². The summed E-state index contributed by atoms with van der Waals surface area (Å²) in [5, 5.41) is 2.74. The van der Waals surface area contributed by atoms with Crippen molar-refractivity contribution in [1.29, 1.82) is 0 Å². The average molecular weight is 305 g/mol. The Morgan fingerprint density at radius 1 is 1.00 bits per heavy atom. The Morgan fingerprint density at radius 2 is 1.62 bits per heavy atom. The quantitative estimate of drug-likeness (QED) is 0.747. The number of hydrogen-bond acceptors (Lipinski definition) is 1. The van der Waals surface area contributed by atoms with E-state index in [1.54, 1.807) is 0 Å². The lowest BCUT2D eigenvalue weighted by Crippen LogP contribution is -2.42. The number of halogens is 3.